The van der Waals surface area contributed by atoms with Crippen molar-refractivity contribution < 1.29 is 18.3 Å². The Kier molecular flexibility index (Phi) is 3.81. The quantitative estimate of drug-likeness (QED) is 0.728. The molecule has 0 saturated heterocycles. The van der Waals surface area contributed by atoms with Crippen molar-refractivity contribution in [2.75, 3.05) is 0 Å². The molecule has 1 aromatic carbocycles. The normalized spacial score (nSPS) is 11.4. The number of benzene rings is 1. The van der Waals surface area contributed by atoms with E-state index in [2.05, 4.69) is 19.9 Å². The molecule has 3 N–H and O–H groups in total. The van der Waals surface area contributed by atoms with Crippen LogP contribution in [0.4, 0.5) is 0 Å². The number of nitrogens with zero attached hydrogens (tertiary/aromatic N) is 2. The first kappa shape index (κ1) is 14.2. The molecule has 0 bridgehead atoms. The summed E-state index contributed by atoms with van der Waals surface area (Å²) in [6.07, 6.45) is 1.26. The van der Waals surface area contributed by atoms with E-state index in [9.17, 15) is 13.2 Å². The summed E-state index contributed by atoms with van der Waals surface area (Å²) in [5.74, 6) is -0.822. The number of aromatic nitrogens is 3. The van der Waals surface area contributed by atoms with Gasteiger partial charge >= 0.3 is 5.97 Å². The molecule has 2 rings (SSSR count). The minimum absolute atomic E-state index is 0.0565. The van der Waals surface area contributed by atoms with Crippen molar-refractivity contribution in [2.45, 2.75) is 18.4 Å². The van der Waals surface area contributed by atoms with Crippen molar-refractivity contribution in [1.82, 2.24) is 19.9 Å². The van der Waals surface area contributed by atoms with Gasteiger partial charge in [0.05, 0.1) is 17.0 Å². The Bertz CT molecular complexity index is 725. The van der Waals surface area contributed by atoms with Crippen molar-refractivity contribution in [3.63, 3.8) is 0 Å². The Morgan fingerprint density at radius 1 is 1.45 bits per heavy atom. The van der Waals surface area contributed by atoms with Gasteiger partial charge in [0.2, 0.25) is 10.0 Å². The predicted molar refractivity (Wildman–Crippen MR) is 68.5 cm³/mol. The van der Waals surface area contributed by atoms with E-state index in [1.165, 1.54) is 18.5 Å². The molecule has 1 heterocycles. The second-order valence-corrected chi connectivity index (χ2v) is 5.78. The first-order chi connectivity index (χ1) is 9.40. The number of carboxylic acid groups (broad SMARTS) is 1. The lowest BCUT2D eigenvalue weighted by Gasteiger charge is -2.09. The van der Waals surface area contributed by atoms with Crippen LogP contribution in [0, 0.1) is 6.92 Å². The largest absolute Gasteiger partial charge is 0.478 e. The Labute approximate surface area is 114 Å². The number of aryl methyl sites for hydroxylation is 1. The van der Waals surface area contributed by atoms with E-state index in [4.69, 9.17) is 5.11 Å². The third-order valence-electron chi connectivity index (χ3n) is 2.62. The van der Waals surface area contributed by atoms with E-state index in [0.717, 1.165) is 6.07 Å². The number of aromatic carboxylic acids is 1. The second kappa shape index (κ2) is 5.39. The van der Waals surface area contributed by atoms with Gasteiger partial charge < -0.3 is 5.11 Å². The van der Waals surface area contributed by atoms with E-state index in [0.29, 0.717) is 11.4 Å². The molecule has 0 unspecified atom stereocenters. The zero-order valence-electron chi connectivity index (χ0n) is 10.5. The monoisotopic (exact) mass is 296 g/mol. The van der Waals surface area contributed by atoms with E-state index < -0.39 is 16.0 Å². The van der Waals surface area contributed by atoms with Crippen molar-refractivity contribution in [2.24, 2.45) is 0 Å². The van der Waals surface area contributed by atoms with E-state index >= 15 is 0 Å². The summed E-state index contributed by atoms with van der Waals surface area (Å²) < 4.78 is 26.6. The van der Waals surface area contributed by atoms with E-state index in [1.54, 1.807) is 6.92 Å². The topological polar surface area (TPSA) is 125 Å². The average molecular weight is 296 g/mol. The van der Waals surface area contributed by atoms with Crippen LogP contribution in [0.1, 0.15) is 21.7 Å². The number of H-pyrrole nitrogens is 1. The number of aromatic amines is 1. The van der Waals surface area contributed by atoms with Crippen molar-refractivity contribution in [3.05, 3.63) is 41.5 Å². The summed E-state index contributed by atoms with van der Waals surface area (Å²) in [7, 11) is -3.82. The minimum atomic E-state index is -3.82. The molecule has 9 heteroatoms. The highest BCUT2D eigenvalue weighted by atomic mass is 32.2. The first-order valence-electron chi connectivity index (χ1n) is 5.58. The van der Waals surface area contributed by atoms with Gasteiger partial charge in [0.25, 0.3) is 0 Å². The molecule has 1 aromatic heterocycles. The fraction of sp³-hybridized carbons (Fsp3) is 0.182. The molecule has 0 atom stereocenters. The number of hydrogen-bond acceptors (Lipinski definition) is 5. The van der Waals surface area contributed by atoms with Gasteiger partial charge in [-0.2, -0.15) is 5.10 Å². The van der Waals surface area contributed by atoms with Crippen molar-refractivity contribution in [1.29, 1.82) is 0 Å². The summed E-state index contributed by atoms with van der Waals surface area (Å²) in [5.41, 5.74) is 0.371. The highest BCUT2D eigenvalue weighted by molar-refractivity contribution is 7.89. The van der Waals surface area contributed by atoms with Crippen LogP contribution in [0.3, 0.4) is 0 Å². The Morgan fingerprint density at radius 3 is 2.80 bits per heavy atom. The van der Waals surface area contributed by atoms with Gasteiger partial charge in [-0.15, -0.1) is 0 Å². The van der Waals surface area contributed by atoms with Crippen LogP contribution in [0.15, 0.2) is 29.4 Å². The molecule has 0 amide bonds. The zero-order chi connectivity index (χ0) is 14.8. The Morgan fingerprint density at radius 2 is 2.20 bits per heavy atom. The summed E-state index contributed by atoms with van der Waals surface area (Å²) in [6.45, 7) is 1.54. The third-order valence-corrected chi connectivity index (χ3v) is 4.16. The molecular formula is C11H12N4O4S. The molecule has 106 valence electrons. The fourth-order valence-corrected chi connectivity index (χ4v) is 2.84. The van der Waals surface area contributed by atoms with Gasteiger partial charge in [-0.05, 0) is 24.6 Å². The maximum absolute atomic E-state index is 12.2. The third kappa shape index (κ3) is 3.00. The number of carboxylic acids is 1. The van der Waals surface area contributed by atoms with Crippen LogP contribution in [-0.4, -0.2) is 34.7 Å². The number of carbonyl (C=O) groups is 1. The summed E-state index contributed by atoms with van der Waals surface area (Å²) >= 11 is 0. The van der Waals surface area contributed by atoms with Crippen LogP contribution in [0.5, 0.6) is 0 Å². The van der Waals surface area contributed by atoms with Gasteiger partial charge in [-0.25, -0.2) is 22.9 Å². The van der Waals surface area contributed by atoms with Crippen LogP contribution >= 0.6 is 0 Å². The summed E-state index contributed by atoms with van der Waals surface area (Å²) in [6, 6.07) is 3.93. The van der Waals surface area contributed by atoms with Crippen LogP contribution in [-0.2, 0) is 16.6 Å². The SMILES string of the molecule is Cc1ccc(C(=O)O)cc1S(=O)(=O)NCc1ncn[nH]1. The molecule has 0 aliphatic heterocycles. The zero-order valence-corrected chi connectivity index (χ0v) is 11.3. The van der Waals surface area contributed by atoms with Gasteiger partial charge in [0.15, 0.2) is 0 Å². The number of hydrogen-bond donors (Lipinski definition) is 3. The fourth-order valence-electron chi connectivity index (χ4n) is 1.58. The van der Waals surface area contributed by atoms with Crippen LogP contribution < -0.4 is 4.72 Å². The predicted octanol–water partition coefficient (Wildman–Crippen LogP) is 0.290. The lowest BCUT2D eigenvalue weighted by Crippen LogP contribution is -2.25. The van der Waals surface area contributed by atoms with Crippen LogP contribution in [0.25, 0.3) is 0 Å². The molecule has 0 aliphatic carbocycles. The molecule has 0 aliphatic rings. The maximum Gasteiger partial charge on any atom is 0.335 e. The lowest BCUT2D eigenvalue weighted by molar-refractivity contribution is 0.0696. The molecule has 8 nitrogen and oxygen atoms in total. The summed E-state index contributed by atoms with van der Waals surface area (Å²) in [4.78, 5) is 14.6. The first-order valence-corrected chi connectivity index (χ1v) is 7.06. The number of sulfonamides is 1. The van der Waals surface area contributed by atoms with E-state index in [-0.39, 0.29) is 17.0 Å². The van der Waals surface area contributed by atoms with Gasteiger partial charge in [-0.3, -0.25) is 5.10 Å². The van der Waals surface area contributed by atoms with Crippen LogP contribution in [0.2, 0.25) is 0 Å². The molecule has 20 heavy (non-hydrogen) atoms. The van der Waals surface area contributed by atoms with E-state index in [1.807, 2.05) is 0 Å². The Hall–Kier alpha value is -2.26. The lowest BCUT2D eigenvalue weighted by atomic mass is 10.1. The van der Waals surface area contributed by atoms with Gasteiger partial charge in [-0.1, -0.05) is 6.07 Å². The molecule has 0 fully saturated rings. The summed E-state index contributed by atoms with van der Waals surface area (Å²) in [5, 5.41) is 15.0. The standard InChI is InChI=1S/C11H12N4O4S/c1-7-2-3-8(11(16)17)4-9(7)20(18,19)14-5-10-12-6-13-15-10/h2-4,6,14H,5H2,1H3,(H,16,17)(H,12,13,15). The van der Waals surface area contributed by atoms with Crippen molar-refractivity contribution in [3.8, 4) is 0 Å². The molecule has 2 aromatic rings. The molecular weight excluding hydrogens is 284 g/mol. The Balaban J connectivity index is 2.28. The molecule has 0 spiro atoms. The van der Waals surface area contributed by atoms with Gasteiger partial charge in [0.1, 0.15) is 12.2 Å². The van der Waals surface area contributed by atoms with Crippen molar-refractivity contribution >= 4 is 16.0 Å². The molecule has 0 radical (unpaired) electrons. The minimum Gasteiger partial charge on any atom is -0.478 e. The second-order valence-electron chi connectivity index (χ2n) is 4.04. The highest BCUT2D eigenvalue weighted by Crippen LogP contribution is 2.17. The maximum atomic E-state index is 12.2. The average Bonchev–Trinajstić information content (AvgIpc) is 2.89. The highest BCUT2D eigenvalue weighted by Gasteiger charge is 2.19. The number of nitrogens with one attached hydrogen (secondary N) is 2. The smallest absolute Gasteiger partial charge is 0.335 e. The van der Waals surface area contributed by atoms with Gasteiger partial charge in [0, 0.05) is 0 Å². The number of rotatable bonds is 5. The molecule has 0 saturated carbocycles.